The molecule has 0 bridgehead atoms. The van der Waals surface area contributed by atoms with Crippen molar-refractivity contribution >= 4 is 32.6 Å². The summed E-state index contributed by atoms with van der Waals surface area (Å²) in [6.45, 7) is 4.76. The minimum atomic E-state index is -0.157. The quantitative estimate of drug-likeness (QED) is 0.192. The van der Waals surface area contributed by atoms with Gasteiger partial charge in [0.25, 0.3) is 0 Å². The molecular formula is C47H33N3. The zero-order chi connectivity index (χ0) is 33.4. The molecule has 0 atom stereocenters. The number of rotatable bonds is 4. The summed E-state index contributed by atoms with van der Waals surface area (Å²) in [5.74, 6) is 0.720. The number of hydrogen-bond donors (Lipinski definition) is 0. The topological polar surface area (TPSA) is 30.7 Å². The first-order valence-corrected chi connectivity index (χ1v) is 17.3. The first-order valence-electron chi connectivity index (χ1n) is 17.3. The maximum Gasteiger partial charge on any atom is 0.160 e. The average molecular weight is 640 g/mol. The highest BCUT2D eigenvalue weighted by molar-refractivity contribution is 6.23. The summed E-state index contributed by atoms with van der Waals surface area (Å²) in [5.41, 5.74) is 13.8. The molecule has 0 unspecified atom stereocenters. The van der Waals surface area contributed by atoms with Gasteiger partial charge in [-0.05, 0) is 57.3 Å². The van der Waals surface area contributed by atoms with Gasteiger partial charge in [-0.2, -0.15) is 0 Å². The summed E-state index contributed by atoms with van der Waals surface area (Å²) < 4.78 is 2.50. The molecule has 2 aromatic heterocycles. The van der Waals surface area contributed by atoms with Gasteiger partial charge in [-0.15, -0.1) is 0 Å². The smallest absolute Gasteiger partial charge is 0.160 e. The van der Waals surface area contributed by atoms with Gasteiger partial charge < -0.3 is 4.57 Å². The molecule has 0 spiro atoms. The fourth-order valence-electron chi connectivity index (χ4n) is 8.25. The van der Waals surface area contributed by atoms with Crippen LogP contribution in [0.1, 0.15) is 25.0 Å². The van der Waals surface area contributed by atoms with E-state index in [0.717, 1.165) is 39.6 Å². The molecule has 2 heterocycles. The molecule has 50 heavy (non-hydrogen) atoms. The molecule has 236 valence electrons. The predicted molar refractivity (Wildman–Crippen MR) is 208 cm³/mol. The zero-order valence-corrected chi connectivity index (χ0v) is 27.9. The second kappa shape index (κ2) is 10.8. The summed E-state index contributed by atoms with van der Waals surface area (Å²) >= 11 is 0. The highest BCUT2D eigenvalue weighted by Gasteiger charge is 2.38. The monoisotopic (exact) mass is 639 g/mol. The SMILES string of the molecule is CC1(C)c2ccccc2-c2ccc3c4c5ccccc5ccc4n(-c4ccc(-c5cc(-c6ccccc6)nc(-c6ccccc6)n5)cc4)c3c21. The highest BCUT2D eigenvalue weighted by atomic mass is 15.0. The Morgan fingerprint density at radius 2 is 1.14 bits per heavy atom. The van der Waals surface area contributed by atoms with Crippen molar-refractivity contribution in [3.63, 3.8) is 0 Å². The highest BCUT2D eigenvalue weighted by Crippen LogP contribution is 2.53. The van der Waals surface area contributed by atoms with Crippen molar-refractivity contribution in [3.8, 4) is 50.7 Å². The summed E-state index contributed by atoms with van der Waals surface area (Å²) in [5, 5.41) is 5.12. The molecule has 9 aromatic rings. The summed E-state index contributed by atoms with van der Waals surface area (Å²) in [6.07, 6.45) is 0. The molecule has 0 saturated carbocycles. The fourth-order valence-corrected chi connectivity index (χ4v) is 8.25. The van der Waals surface area contributed by atoms with E-state index in [-0.39, 0.29) is 5.41 Å². The first kappa shape index (κ1) is 28.7. The molecule has 10 rings (SSSR count). The molecule has 3 nitrogen and oxygen atoms in total. The van der Waals surface area contributed by atoms with E-state index in [1.54, 1.807) is 0 Å². The van der Waals surface area contributed by atoms with E-state index in [0.29, 0.717) is 0 Å². The lowest BCUT2D eigenvalue weighted by Crippen LogP contribution is -2.16. The van der Waals surface area contributed by atoms with E-state index in [4.69, 9.17) is 9.97 Å². The fraction of sp³-hybridized carbons (Fsp3) is 0.0638. The summed E-state index contributed by atoms with van der Waals surface area (Å²) in [4.78, 5) is 10.1. The molecular weight excluding hydrogens is 607 g/mol. The van der Waals surface area contributed by atoms with E-state index in [9.17, 15) is 0 Å². The Morgan fingerprint density at radius 1 is 0.500 bits per heavy atom. The Kier molecular flexibility index (Phi) is 6.22. The standard InChI is InChI=1S/C47H33N3/c1-47(2)39-20-12-11-19-36(39)37-26-27-38-43-35-18-10-9-13-30(35)23-28-42(43)50(45(38)44(37)47)34-24-21-32(22-25-34)41-29-40(31-14-5-3-6-15-31)48-46(49-41)33-16-7-4-8-17-33/h3-29H,1-2H3. The van der Waals surface area contributed by atoms with E-state index >= 15 is 0 Å². The van der Waals surface area contributed by atoms with Gasteiger partial charge in [0.1, 0.15) is 0 Å². The second-order valence-electron chi connectivity index (χ2n) is 13.8. The normalized spacial score (nSPS) is 13.2. The van der Waals surface area contributed by atoms with Crippen LogP contribution < -0.4 is 0 Å². The van der Waals surface area contributed by atoms with Crippen molar-refractivity contribution in [1.82, 2.24) is 14.5 Å². The van der Waals surface area contributed by atoms with Crippen molar-refractivity contribution in [2.45, 2.75) is 19.3 Å². The maximum absolute atomic E-state index is 5.10. The largest absolute Gasteiger partial charge is 0.309 e. The minimum absolute atomic E-state index is 0.157. The van der Waals surface area contributed by atoms with Crippen LogP contribution in [-0.2, 0) is 5.41 Å². The van der Waals surface area contributed by atoms with Gasteiger partial charge in [0.15, 0.2) is 5.82 Å². The average Bonchev–Trinajstić information content (AvgIpc) is 3.64. The third-order valence-electron chi connectivity index (χ3n) is 10.6. The second-order valence-corrected chi connectivity index (χ2v) is 13.8. The van der Waals surface area contributed by atoms with Gasteiger partial charge in [-0.3, -0.25) is 0 Å². The van der Waals surface area contributed by atoms with Gasteiger partial charge in [-0.1, -0.05) is 153 Å². The molecule has 0 saturated heterocycles. The van der Waals surface area contributed by atoms with Crippen LogP contribution >= 0.6 is 0 Å². The molecule has 1 aliphatic carbocycles. The Balaban J connectivity index is 1.20. The molecule has 0 N–H and O–H groups in total. The van der Waals surface area contributed by atoms with E-state index < -0.39 is 0 Å². The number of benzene rings is 7. The molecule has 3 heteroatoms. The van der Waals surface area contributed by atoms with Crippen molar-refractivity contribution in [2.75, 3.05) is 0 Å². The molecule has 0 fully saturated rings. The van der Waals surface area contributed by atoms with Gasteiger partial charge in [0.2, 0.25) is 0 Å². The number of aromatic nitrogens is 3. The number of hydrogen-bond acceptors (Lipinski definition) is 2. The van der Waals surface area contributed by atoms with Gasteiger partial charge in [0.05, 0.1) is 22.4 Å². The lowest BCUT2D eigenvalue weighted by molar-refractivity contribution is 0.664. The predicted octanol–water partition coefficient (Wildman–Crippen LogP) is 12.0. The summed E-state index contributed by atoms with van der Waals surface area (Å²) in [6, 6.07) is 58.6. The van der Waals surface area contributed by atoms with Gasteiger partial charge in [0, 0.05) is 38.6 Å². The van der Waals surface area contributed by atoms with Crippen LogP contribution in [0.15, 0.2) is 164 Å². The van der Waals surface area contributed by atoms with E-state index in [1.807, 2.05) is 24.3 Å². The van der Waals surface area contributed by atoms with Crippen molar-refractivity contribution in [1.29, 1.82) is 0 Å². The lowest BCUT2D eigenvalue weighted by Gasteiger charge is -2.23. The van der Waals surface area contributed by atoms with Gasteiger partial charge >= 0.3 is 0 Å². The molecule has 0 radical (unpaired) electrons. The molecule has 1 aliphatic rings. The van der Waals surface area contributed by atoms with Crippen LogP contribution in [0, 0.1) is 0 Å². The lowest BCUT2D eigenvalue weighted by atomic mass is 9.81. The van der Waals surface area contributed by atoms with Crippen molar-refractivity contribution in [2.24, 2.45) is 0 Å². The van der Waals surface area contributed by atoms with Crippen LogP contribution in [0.25, 0.3) is 83.3 Å². The summed E-state index contributed by atoms with van der Waals surface area (Å²) in [7, 11) is 0. The van der Waals surface area contributed by atoms with Crippen molar-refractivity contribution in [3.05, 3.63) is 175 Å². The van der Waals surface area contributed by atoms with Gasteiger partial charge in [-0.25, -0.2) is 9.97 Å². The third kappa shape index (κ3) is 4.23. The first-order chi connectivity index (χ1) is 24.6. The molecule has 7 aromatic carbocycles. The Morgan fingerprint density at radius 3 is 1.90 bits per heavy atom. The molecule has 0 aliphatic heterocycles. The van der Waals surface area contributed by atoms with Crippen LogP contribution in [0.3, 0.4) is 0 Å². The van der Waals surface area contributed by atoms with Crippen LogP contribution in [-0.4, -0.2) is 14.5 Å². The van der Waals surface area contributed by atoms with E-state index in [2.05, 4.69) is 158 Å². The number of fused-ring (bicyclic) bond motifs is 9. The Hall–Kier alpha value is -6.32. The van der Waals surface area contributed by atoms with Crippen LogP contribution in [0.2, 0.25) is 0 Å². The third-order valence-corrected chi connectivity index (χ3v) is 10.6. The minimum Gasteiger partial charge on any atom is -0.309 e. The van der Waals surface area contributed by atoms with Crippen LogP contribution in [0.5, 0.6) is 0 Å². The van der Waals surface area contributed by atoms with E-state index in [1.165, 1.54) is 54.8 Å². The van der Waals surface area contributed by atoms with Crippen molar-refractivity contribution < 1.29 is 0 Å². The maximum atomic E-state index is 5.10. The molecule has 0 amide bonds. The van der Waals surface area contributed by atoms with Crippen LogP contribution in [0.4, 0.5) is 0 Å². The zero-order valence-electron chi connectivity index (χ0n) is 27.9. The number of nitrogens with zero attached hydrogens (tertiary/aromatic N) is 3. The Bertz CT molecular complexity index is 2700. The Labute approximate surface area is 291 Å².